The zero-order chi connectivity index (χ0) is 17.6. The molecular formula is C16H21NO2. The second kappa shape index (κ2) is 5.33. The van der Waals surface area contributed by atoms with Crippen molar-refractivity contribution in [2.45, 2.75) is 50.3 Å². The molecule has 0 aliphatic carbocycles. The predicted molar refractivity (Wildman–Crippen MR) is 73.8 cm³/mol. The van der Waals surface area contributed by atoms with Gasteiger partial charge in [-0.05, 0) is 38.3 Å². The van der Waals surface area contributed by atoms with Crippen LogP contribution >= 0.6 is 0 Å². The summed E-state index contributed by atoms with van der Waals surface area (Å²) in [5.41, 5.74) is 0.00176. The maximum atomic E-state index is 12.2. The van der Waals surface area contributed by atoms with Crippen LogP contribution in [-0.4, -0.2) is 36.1 Å². The van der Waals surface area contributed by atoms with Crippen LogP contribution in [0.1, 0.15) is 38.1 Å². The van der Waals surface area contributed by atoms with E-state index < -0.39 is 24.1 Å². The van der Waals surface area contributed by atoms with E-state index in [0.717, 1.165) is 25.7 Å². The van der Waals surface area contributed by atoms with E-state index >= 15 is 0 Å². The first-order valence-electron chi connectivity index (χ1n) is 9.26. The first-order valence-corrected chi connectivity index (χ1v) is 6.76. The highest BCUT2D eigenvalue weighted by molar-refractivity contribution is 5.72. The second-order valence-electron chi connectivity index (χ2n) is 5.41. The highest BCUT2D eigenvalue weighted by atomic mass is 16.5. The third-order valence-electron chi connectivity index (χ3n) is 4.23. The molecule has 1 unspecified atom stereocenters. The number of rotatable bonds is 3. The summed E-state index contributed by atoms with van der Waals surface area (Å²) in [4.78, 5) is 14.6. The van der Waals surface area contributed by atoms with E-state index in [2.05, 4.69) is 11.9 Å². The lowest BCUT2D eigenvalue weighted by Gasteiger charge is -2.35. The molecule has 3 heteroatoms. The van der Waals surface area contributed by atoms with Gasteiger partial charge in [0.15, 0.2) is 0 Å². The molecule has 19 heavy (non-hydrogen) atoms. The van der Waals surface area contributed by atoms with Gasteiger partial charge in [-0.25, -0.2) is 0 Å². The largest absolute Gasteiger partial charge is 0.462 e. The average molecular weight is 264 g/mol. The molecule has 0 aromatic heterocycles. The summed E-state index contributed by atoms with van der Waals surface area (Å²) in [5.74, 6) is -0.525. The van der Waals surface area contributed by atoms with E-state index in [0.29, 0.717) is 12.1 Å². The molecule has 2 aliphatic heterocycles. The van der Waals surface area contributed by atoms with Gasteiger partial charge in [-0.3, -0.25) is 4.79 Å². The van der Waals surface area contributed by atoms with E-state index in [4.69, 9.17) is 11.6 Å². The number of esters is 1. The molecule has 0 amide bonds. The van der Waals surface area contributed by atoms with Crippen LogP contribution in [0.25, 0.3) is 0 Å². The molecule has 2 aliphatic rings. The smallest absolute Gasteiger partial charge is 0.310 e. The lowest BCUT2D eigenvalue weighted by Crippen LogP contribution is -2.43. The van der Waals surface area contributed by atoms with Crippen LogP contribution in [-0.2, 0) is 16.0 Å². The third kappa shape index (κ3) is 2.81. The van der Waals surface area contributed by atoms with E-state index in [9.17, 15) is 4.79 Å². The Labute approximate surface area is 121 Å². The fourth-order valence-corrected chi connectivity index (χ4v) is 3.19. The van der Waals surface area contributed by atoms with Crippen LogP contribution in [0.4, 0.5) is 0 Å². The lowest BCUT2D eigenvalue weighted by atomic mass is 10.0. The SMILES string of the molecule is [2H]c1c([2H])c([2H])c(CC(=O)OC2C[C@H]3CC[C@@H](C2)N3C)c([2H])c1[2H]. The zero-order valence-electron chi connectivity index (χ0n) is 16.0. The summed E-state index contributed by atoms with van der Waals surface area (Å²) < 4.78 is 44.1. The van der Waals surface area contributed by atoms with Crippen LogP contribution in [0.3, 0.4) is 0 Å². The molecule has 0 N–H and O–H groups in total. The van der Waals surface area contributed by atoms with E-state index in [1.807, 2.05) is 0 Å². The monoisotopic (exact) mass is 264 g/mol. The van der Waals surface area contributed by atoms with Gasteiger partial charge in [-0.15, -0.1) is 0 Å². The van der Waals surface area contributed by atoms with Crippen molar-refractivity contribution in [1.82, 2.24) is 4.90 Å². The molecule has 102 valence electrons. The van der Waals surface area contributed by atoms with Gasteiger partial charge >= 0.3 is 5.97 Å². The maximum absolute atomic E-state index is 12.2. The number of hydrogen-bond acceptors (Lipinski definition) is 3. The minimum Gasteiger partial charge on any atom is -0.462 e. The first kappa shape index (κ1) is 8.05. The molecule has 3 atom stereocenters. The lowest BCUT2D eigenvalue weighted by molar-refractivity contribution is -0.151. The molecule has 0 saturated carbocycles. The van der Waals surface area contributed by atoms with Gasteiger partial charge in [0.1, 0.15) is 6.10 Å². The van der Waals surface area contributed by atoms with Crippen molar-refractivity contribution >= 4 is 5.97 Å². The quantitative estimate of drug-likeness (QED) is 0.785. The Morgan fingerprint density at radius 1 is 1.32 bits per heavy atom. The number of ether oxygens (including phenoxy) is 1. The maximum Gasteiger partial charge on any atom is 0.310 e. The van der Waals surface area contributed by atoms with Crippen molar-refractivity contribution in [1.29, 1.82) is 0 Å². The number of carbonyl (C=O) groups is 1. The van der Waals surface area contributed by atoms with Gasteiger partial charge in [0, 0.05) is 12.1 Å². The fourth-order valence-electron chi connectivity index (χ4n) is 3.19. The average Bonchev–Trinajstić information content (AvgIpc) is 2.76. The standard InChI is InChI=1S/C16H21NO2/c1-17-13-7-8-14(17)11-15(10-13)19-16(18)9-12-5-3-2-4-6-12/h2-6,13-15H,7-11H2,1H3/t13-,14+,15?/i2D,3D,4D,5D,6D. The normalized spacial score (nSPS) is 33.9. The van der Waals surface area contributed by atoms with Crippen molar-refractivity contribution < 1.29 is 16.4 Å². The van der Waals surface area contributed by atoms with Gasteiger partial charge in [-0.2, -0.15) is 0 Å². The van der Waals surface area contributed by atoms with Gasteiger partial charge in [0.2, 0.25) is 0 Å². The van der Waals surface area contributed by atoms with Gasteiger partial charge in [0.05, 0.1) is 13.3 Å². The highest BCUT2D eigenvalue weighted by Gasteiger charge is 2.39. The van der Waals surface area contributed by atoms with Gasteiger partial charge in [-0.1, -0.05) is 30.2 Å². The van der Waals surface area contributed by atoms with Crippen LogP contribution in [0, 0.1) is 0 Å². The molecule has 1 aromatic carbocycles. The molecule has 2 bridgehead atoms. The summed E-state index contributed by atoms with van der Waals surface area (Å²) in [6.45, 7) is 0. The molecule has 2 saturated heterocycles. The molecule has 0 spiro atoms. The minimum atomic E-state index is -0.525. The van der Waals surface area contributed by atoms with Crippen molar-refractivity contribution in [3.05, 3.63) is 35.8 Å². The summed E-state index contributed by atoms with van der Waals surface area (Å²) in [7, 11) is 2.10. The molecule has 2 fully saturated rings. The van der Waals surface area contributed by atoms with Gasteiger partial charge in [0.25, 0.3) is 0 Å². The van der Waals surface area contributed by atoms with Crippen molar-refractivity contribution in [3.63, 3.8) is 0 Å². The van der Waals surface area contributed by atoms with Crippen LogP contribution in [0.2, 0.25) is 0 Å². The van der Waals surface area contributed by atoms with Crippen molar-refractivity contribution in [3.8, 4) is 0 Å². The number of fused-ring (bicyclic) bond motifs is 2. The van der Waals surface area contributed by atoms with Crippen molar-refractivity contribution in [2.24, 2.45) is 0 Å². The fraction of sp³-hybridized carbons (Fsp3) is 0.562. The molecule has 1 aromatic rings. The molecular weight excluding hydrogens is 238 g/mol. The number of benzene rings is 1. The van der Waals surface area contributed by atoms with Crippen LogP contribution in [0.5, 0.6) is 0 Å². The Hall–Kier alpha value is -1.35. The second-order valence-corrected chi connectivity index (χ2v) is 5.41. The number of hydrogen-bond donors (Lipinski definition) is 0. The Morgan fingerprint density at radius 2 is 1.95 bits per heavy atom. The molecule has 2 heterocycles. The van der Waals surface area contributed by atoms with Crippen LogP contribution in [0.15, 0.2) is 30.2 Å². The van der Waals surface area contributed by atoms with E-state index in [1.165, 1.54) is 0 Å². The summed E-state index contributed by atoms with van der Waals surface area (Å²) >= 11 is 0. The Kier molecular flexibility index (Phi) is 2.26. The Balaban J connectivity index is 1.70. The molecule has 3 rings (SSSR count). The van der Waals surface area contributed by atoms with Crippen molar-refractivity contribution in [2.75, 3.05) is 7.05 Å². The Morgan fingerprint density at radius 3 is 2.58 bits per heavy atom. The Bertz CT molecular complexity index is 638. The summed E-state index contributed by atoms with van der Waals surface area (Å²) in [5, 5.41) is 0. The number of nitrogens with zero attached hydrogens (tertiary/aromatic N) is 1. The van der Waals surface area contributed by atoms with E-state index in [-0.39, 0.29) is 30.2 Å². The van der Waals surface area contributed by atoms with Gasteiger partial charge < -0.3 is 9.64 Å². The number of piperidine rings is 1. The highest BCUT2D eigenvalue weighted by Crippen LogP contribution is 2.35. The summed E-state index contributed by atoms with van der Waals surface area (Å²) in [6.07, 6.45) is 3.42. The predicted octanol–water partition coefficient (Wildman–Crippen LogP) is 2.40. The number of carbonyl (C=O) groups excluding carboxylic acids is 1. The minimum absolute atomic E-state index is 0.00176. The third-order valence-corrected chi connectivity index (χ3v) is 4.23. The zero-order valence-corrected chi connectivity index (χ0v) is 11.0. The first-order chi connectivity index (χ1) is 11.3. The van der Waals surface area contributed by atoms with Crippen LogP contribution < -0.4 is 0 Å². The molecule has 0 radical (unpaired) electrons. The van der Waals surface area contributed by atoms with E-state index in [1.54, 1.807) is 0 Å². The molecule has 3 nitrogen and oxygen atoms in total. The summed E-state index contributed by atoms with van der Waals surface area (Å²) in [6, 6.07) is -1.06. The topological polar surface area (TPSA) is 29.5 Å².